The quantitative estimate of drug-likeness (QED) is 0.795. The molecule has 1 spiro atoms. The van der Waals surface area contributed by atoms with Gasteiger partial charge in [0.1, 0.15) is 0 Å². The van der Waals surface area contributed by atoms with Crippen molar-refractivity contribution in [1.29, 1.82) is 0 Å². The van der Waals surface area contributed by atoms with Crippen molar-refractivity contribution in [1.82, 2.24) is 4.90 Å². The van der Waals surface area contributed by atoms with E-state index in [0.717, 1.165) is 0 Å². The Bertz CT molecular complexity index is 1040. The lowest BCUT2D eigenvalue weighted by molar-refractivity contribution is -0.138. The Labute approximate surface area is 143 Å². The molecule has 116 valence electrons. The zero-order chi connectivity index (χ0) is 22.9. The molecular formula is C18H21NO3. The summed E-state index contributed by atoms with van der Waals surface area (Å²) in [6.07, 6.45) is -3.74. The van der Waals surface area contributed by atoms with E-state index in [4.69, 9.17) is 19.1 Å². The number of likely N-dealkylation sites (tertiary alicyclic amines) is 1. The van der Waals surface area contributed by atoms with Crippen LogP contribution in [0.15, 0.2) is 12.1 Å². The number of nitrogens with zero attached hydrogens (tertiary/aromatic N) is 1. The van der Waals surface area contributed by atoms with Crippen molar-refractivity contribution in [2.24, 2.45) is 5.89 Å². The predicted octanol–water partition coefficient (Wildman–Crippen LogP) is 1.93. The standard InChI is InChI=1S/C18H21NO3/c1-19-8-7-18-11-4-5-13(20)17(18)22-16-14(21-2)6-3-10(15(16)18)9-12(11)19/h3,6,11-12,17H,4-5,7-9H2,1-2H3/t11-,12+,17?,18-/m0/s1/i2D3,3D,6D,9D2,11D,12D. The van der Waals surface area contributed by atoms with E-state index in [1.807, 2.05) is 0 Å². The molecule has 2 fully saturated rings. The topological polar surface area (TPSA) is 38.8 Å². The first-order valence-electron chi connectivity index (χ1n) is 11.9. The number of Topliss-reactive ketones (excluding diaryl/α,β-unsaturated/α-hetero) is 1. The van der Waals surface area contributed by atoms with Gasteiger partial charge in [0.25, 0.3) is 0 Å². The molecule has 1 aromatic carbocycles. The van der Waals surface area contributed by atoms with Gasteiger partial charge in [0, 0.05) is 28.9 Å². The van der Waals surface area contributed by atoms with Crippen molar-refractivity contribution in [3.63, 3.8) is 0 Å². The minimum absolute atomic E-state index is 0.0572. The maximum absolute atomic E-state index is 13.0. The second kappa shape index (κ2) is 4.05. The van der Waals surface area contributed by atoms with Crippen LogP contribution in [0.2, 0.25) is 0 Å². The molecular weight excluding hydrogens is 278 g/mol. The van der Waals surface area contributed by atoms with Crippen LogP contribution < -0.4 is 9.47 Å². The molecule has 2 heterocycles. The molecule has 0 radical (unpaired) electrons. The normalized spacial score (nSPS) is 54.0. The highest BCUT2D eigenvalue weighted by Crippen LogP contribution is 2.62. The van der Waals surface area contributed by atoms with Gasteiger partial charge in [-0.3, -0.25) is 4.79 Å². The molecule has 2 aliphatic heterocycles. The predicted molar refractivity (Wildman–Crippen MR) is 81.6 cm³/mol. The molecule has 1 saturated carbocycles. The average molecular weight is 308 g/mol. The largest absolute Gasteiger partial charge is 0.493 e. The first-order valence-corrected chi connectivity index (χ1v) is 7.43. The van der Waals surface area contributed by atoms with E-state index in [1.165, 1.54) is 4.90 Å². The van der Waals surface area contributed by atoms with Gasteiger partial charge >= 0.3 is 0 Å². The summed E-state index contributed by atoms with van der Waals surface area (Å²) in [4.78, 5) is 14.4. The lowest BCUT2D eigenvalue weighted by Gasteiger charge is -2.57. The van der Waals surface area contributed by atoms with E-state index < -0.39 is 54.7 Å². The van der Waals surface area contributed by atoms with Gasteiger partial charge in [0.2, 0.25) is 0 Å². The highest BCUT2D eigenvalue weighted by atomic mass is 16.5. The highest BCUT2D eigenvalue weighted by molar-refractivity contribution is 5.89. The maximum Gasteiger partial charge on any atom is 0.174 e. The number of carbonyl (C=O) groups is 1. The van der Waals surface area contributed by atoms with E-state index in [0.29, 0.717) is 0 Å². The molecule has 4 aliphatic rings. The van der Waals surface area contributed by atoms with Crippen LogP contribution in [0.1, 0.15) is 42.7 Å². The summed E-state index contributed by atoms with van der Waals surface area (Å²) in [6, 6.07) is -3.44. The highest BCUT2D eigenvalue weighted by Gasteiger charge is 2.65. The SMILES string of the molecule is [2H]c1c([2H])c2c3c(c1OC([2H])([2H])[2H])OC1C(=O)CC[C@]4([2H])[C@@]31CCN(C)[C@]4([2H])C2([2H])[2H]. The second-order valence-electron chi connectivity index (χ2n) is 6.32. The van der Waals surface area contributed by atoms with E-state index in [2.05, 4.69) is 0 Å². The number of hydrogen-bond donors (Lipinski definition) is 0. The number of ketones is 1. The Hall–Kier alpha value is -1.55. The molecule has 4 nitrogen and oxygen atoms in total. The molecule has 4 heteroatoms. The van der Waals surface area contributed by atoms with Crippen LogP contribution in [0.5, 0.6) is 11.5 Å². The van der Waals surface area contributed by atoms with Crippen molar-refractivity contribution in [3.8, 4) is 11.5 Å². The summed E-state index contributed by atoms with van der Waals surface area (Å²) in [7, 11) is -1.41. The summed E-state index contributed by atoms with van der Waals surface area (Å²) >= 11 is 0. The summed E-state index contributed by atoms with van der Waals surface area (Å²) < 4.78 is 86.8. The fraction of sp³-hybridized carbons (Fsp3) is 0.611. The van der Waals surface area contributed by atoms with Crippen LogP contribution in [0, 0.1) is 5.89 Å². The summed E-state index contributed by atoms with van der Waals surface area (Å²) in [5.74, 6) is -2.92. The Balaban J connectivity index is 1.96. The molecule has 5 rings (SSSR count). The molecule has 0 aromatic heterocycles. The maximum atomic E-state index is 13.0. The number of benzene rings is 1. The van der Waals surface area contributed by atoms with Crippen molar-refractivity contribution >= 4 is 5.78 Å². The fourth-order valence-electron chi connectivity index (χ4n) is 4.48. The van der Waals surface area contributed by atoms with Crippen LogP contribution in [0.4, 0.5) is 0 Å². The van der Waals surface area contributed by atoms with E-state index >= 15 is 0 Å². The van der Waals surface area contributed by atoms with Crippen molar-refractivity contribution in [2.75, 3.05) is 20.6 Å². The molecule has 4 atom stereocenters. The summed E-state index contributed by atoms with van der Waals surface area (Å²) in [5, 5.41) is 0. The smallest absolute Gasteiger partial charge is 0.174 e. The number of rotatable bonds is 1. The van der Waals surface area contributed by atoms with Crippen LogP contribution >= 0.6 is 0 Å². The van der Waals surface area contributed by atoms with Crippen LogP contribution in [0.25, 0.3) is 0 Å². The van der Waals surface area contributed by atoms with Crippen LogP contribution in [-0.4, -0.2) is 43.4 Å². The molecule has 0 N–H and O–H groups in total. The molecule has 1 saturated heterocycles. The zero-order valence-corrected chi connectivity index (χ0v) is 12.1. The number of hydrogen-bond acceptors (Lipinski definition) is 4. The molecule has 2 aliphatic carbocycles. The number of piperidine rings is 1. The van der Waals surface area contributed by atoms with E-state index in [-0.39, 0.29) is 48.5 Å². The Morgan fingerprint density at radius 1 is 1.64 bits per heavy atom. The number of likely N-dealkylation sites (N-methyl/N-ethyl adjacent to an activating group) is 1. The molecule has 1 aromatic rings. The Kier molecular flexibility index (Phi) is 1.27. The second-order valence-corrected chi connectivity index (χ2v) is 6.32. The van der Waals surface area contributed by atoms with Crippen molar-refractivity contribution in [2.45, 2.75) is 43.2 Å². The van der Waals surface area contributed by atoms with Gasteiger partial charge in [-0.25, -0.2) is 0 Å². The Morgan fingerprint density at radius 3 is 3.41 bits per heavy atom. The minimum atomic E-state index is -2.97. The number of methoxy groups -OCH3 is 1. The monoisotopic (exact) mass is 308 g/mol. The number of ether oxygens (including phenoxy) is 2. The van der Waals surface area contributed by atoms with Gasteiger partial charge in [0.05, 0.1) is 13.9 Å². The van der Waals surface area contributed by atoms with Crippen LogP contribution in [-0.2, 0) is 16.6 Å². The lowest BCUT2D eigenvalue weighted by Crippen LogP contribution is -2.65. The molecule has 2 bridgehead atoms. The summed E-state index contributed by atoms with van der Waals surface area (Å²) in [5.41, 5.74) is -1.66. The number of carbonyl (C=O) groups excluding carboxylic acids is 1. The minimum Gasteiger partial charge on any atom is -0.493 e. The average Bonchev–Trinajstić information content (AvgIpc) is 3.00. The molecule has 0 amide bonds. The third-order valence-corrected chi connectivity index (χ3v) is 5.42. The summed E-state index contributed by atoms with van der Waals surface area (Å²) in [6.45, 7) is 0.209. The molecule has 1 unspecified atom stereocenters. The van der Waals surface area contributed by atoms with Crippen molar-refractivity contribution in [3.05, 3.63) is 23.2 Å². The fourth-order valence-corrected chi connectivity index (χ4v) is 4.48. The van der Waals surface area contributed by atoms with Gasteiger partial charge < -0.3 is 14.4 Å². The Morgan fingerprint density at radius 2 is 2.55 bits per heavy atom. The van der Waals surface area contributed by atoms with Gasteiger partial charge in [-0.05, 0) is 50.3 Å². The van der Waals surface area contributed by atoms with E-state index in [9.17, 15) is 7.54 Å². The first-order chi connectivity index (χ1) is 14.1. The van der Waals surface area contributed by atoms with Crippen LogP contribution in [0.3, 0.4) is 0 Å². The zero-order valence-electron chi connectivity index (χ0n) is 21.1. The lowest BCUT2D eigenvalue weighted by atomic mass is 9.52. The van der Waals surface area contributed by atoms with Gasteiger partial charge in [-0.1, -0.05) is 6.04 Å². The third-order valence-electron chi connectivity index (χ3n) is 5.42. The first kappa shape index (κ1) is 6.91. The van der Waals surface area contributed by atoms with Crippen molar-refractivity contribution < 1.29 is 26.6 Å². The molecule has 22 heavy (non-hydrogen) atoms. The third kappa shape index (κ3) is 1.27. The van der Waals surface area contributed by atoms with E-state index in [1.54, 1.807) is 7.05 Å². The van der Waals surface area contributed by atoms with Gasteiger partial charge in [-0.2, -0.15) is 0 Å². The van der Waals surface area contributed by atoms with Gasteiger partial charge in [-0.15, -0.1) is 0 Å². The van der Waals surface area contributed by atoms with Gasteiger partial charge in [0.15, 0.2) is 23.4 Å².